The van der Waals surface area contributed by atoms with Crippen molar-refractivity contribution in [2.45, 2.75) is 13.3 Å². The first-order valence-corrected chi connectivity index (χ1v) is 7.29. The van der Waals surface area contributed by atoms with Crippen molar-refractivity contribution in [3.8, 4) is 5.69 Å². The van der Waals surface area contributed by atoms with E-state index in [-0.39, 0.29) is 17.7 Å². The van der Waals surface area contributed by atoms with E-state index in [2.05, 4.69) is 5.10 Å². The van der Waals surface area contributed by atoms with Gasteiger partial charge in [-0.15, -0.1) is 0 Å². The molecular weight excluding hydrogens is 268 g/mol. The van der Waals surface area contributed by atoms with E-state index in [4.69, 9.17) is 4.55 Å². The lowest BCUT2D eigenvalue weighted by molar-refractivity contribution is 0.482. The van der Waals surface area contributed by atoms with Gasteiger partial charge < -0.3 is 0 Å². The number of hydrogen-bond acceptors (Lipinski definition) is 3. The van der Waals surface area contributed by atoms with Crippen LogP contribution in [-0.2, 0) is 16.5 Å². The zero-order valence-corrected chi connectivity index (χ0v) is 11.1. The maximum absolute atomic E-state index is 11.6. The summed E-state index contributed by atoms with van der Waals surface area (Å²) in [7, 11) is -3.95. The van der Waals surface area contributed by atoms with Crippen LogP contribution in [0, 0.1) is 6.92 Å². The number of aromatic amines is 1. The molecule has 0 atom stereocenters. The number of benzene rings is 1. The Morgan fingerprint density at radius 2 is 1.89 bits per heavy atom. The van der Waals surface area contributed by atoms with E-state index in [0.717, 1.165) is 11.3 Å². The molecule has 0 saturated heterocycles. The highest BCUT2D eigenvalue weighted by atomic mass is 32.2. The predicted octanol–water partition coefficient (Wildman–Crippen LogP) is 0.904. The number of rotatable bonds is 4. The van der Waals surface area contributed by atoms with Gasteiger partial charge in [0.1, 0.15) is 0 Å². The molecule has 0 spiro atoms. The number of nitrogens with one attached hydrogen (secondary N) is 1. The van der Waals surface area contributed by atoms with Gasteiger partial charge in [0, 0.05) is 11.8 Å². The van der Waals surface area contributed by atoms with Gasteiger partial charge in [0.15, 0.2) is 0 Å². The van der Waals surface area contributed by atoms with Crippen LogP contribution in [0.4, 0.5) is 0 Å². The van der Waals surface area contributed by atoms with Crippen molar-refractivity contribution in [2.75, 3.05) is 5.75 Å². The van der Waals surface area contributed by atoms with Crippen LogP contribution in [0.25, 0.3) is 5.69 Å². The van der Waals surface area contributed by atoms with Crippen LogP contribution in [0.15, 0.2) is 35.1 Å². The number of aromatic nitrogens is 2. The second-order valence-corrected chi connectivity index (χ2v) is 5.89. The molecule has 0 unspecified atom stereocenters. The molecule has 7 heteroatoms. The molecule has 19 heavy (non-hydrogen) atoms. The Bertz CT molecular complexity index is 726. The van der Waals surface area contributed by atoms with Gasteiger partial charge >= 0.3 is 0 Å². The lowest BCUT2D eigenvalue weighted by Crippen LogP contribution is -2.13. The van der Waals surface area contributed by atoms with Crippen molar-refractivity contribution in [1.82, 2.24) is 9.78 Å². The largest absolute Gasteiger partial charge is 0.295 e. The van der Waals surface area contributed by atoms with Crippen LogP contribution in [0.5, 0.6) is 0 Å². The molecule has 0 aliphatic heterocycles. The fourth-order valence-corrected chi connectivity index (χ4v) is 2.26. The molecule has 2 N–H and O–H groups in total. The summed E-state index contributed by atoms with van der Waals surface area (Å²) in [6.07, 6.45) is 0.234. The summed E-state index contributed by atoms with van der Waals surface area (Å²) >= 11 is 0. The van der Waals surface area contributed by atoms with Crippen molar-refractivity contribution in [1.29, 1.82) is 0 Å². The summed E-state index contributed by atoms with van der Waals surface area (Å²) in [4.78, 5) is 11.6. The van der Waals surface area contributed by atoms with Crippen molar-refractivity contribution in [2.24, 2.45) is 0 Å². The fourth-order valence-electron chi connectivity index (χ4n) is 1.76. The molecule has 0 aliphatic carbocycles. The SMILES string of the molecule is Cc1cc(=O)n(-c2ccc(CCS(=O)(=O)O)cc2)[nH]1. The van der Waals surface area contributed by atoms with Crippen LogP contribution in [0.2, 0.25) is 0 Å². The molecule has 0 amide bonds. The molecule has 2 aromatic rings. The lowest BCUT2D eigenvalue weighted by atomic mass is 10.1. The van der Waals surface area contributed by atoms with Crippen LogP contribution < -0.4 is 5.56 Å². The van der Waals surface area contributed by atoms with E-state index in [1.807, 2.05) is 0 Å². The summed E-state index contributed by atoms with van der Waals surface area (Å²) in [6.45, 7) is 1.79. The second-order valence-electron chi connectivity index (χ2n) is 4.32. The van der Waals surface area contributed by atoms with Gasteiger partial charge in [0.2, 0.25) is 0 Å². The third-order valence-corrected chi connectivity index (χ3v) is 3.41. The molecule has 0 aliphatic rings. The molecule has 102 valence electrons. The number of hydrogen-bond donors (Lipinski definition) is 2. The Morgan fingerprint density at radius 3 is 2.37 bits per heavy atom. The van der Waals surface area contributed by atoms with E-state index in [1.54, 1.807) is 31.2 Å². The quantitative estimate of drug-likeness (QED) is 0.815. The Kier molecular flexibility index (Phi) is 3.59. The highest BCUT2D eigenvalue weighted by Gasteiger charge is 2.06. The van der Waals surface area contributed by atoms with Gasteiger partial charge in [-0.3, -0.25) is 14.4 Å². The van der Waals surface area contributed by atoms with Gasteiger partial charge in [0.25, 0.3) is 15.7 Å². The zero-order valence-electron chi connectivity index (χ0n) is 10.3. The van der Waals surface area contributed by atoms with E-state index in [0.29, 0.717) is 5.69 Å². The topological polar surface area (TPSA) is 92.2 Å². The van der Waals surface area contributed by atoms with Crippen molar-refractivity contribution < 1.29 is 13.0 Å². The summed E-state index contributed by atoms with van der Waals surface area (Å²) in [5, 5.41) is 2.90. The number of H-pyrrole nitrogens is 1. The summed E-state index contributed by atoms with van der Waals surface area (Å²) < 4.78 is 31.4. The molecule has 0 bridgehead atoms. The van der Waals surface area contributed by atoms with Crippen LogP contribution in [0.3, 0.4) is 0 Å². The highest BCUT2D eigenvalue weighted by molar-refractivity contribution is 7.85. The highest BCUT2D eigenvalue weighted by Crippen LogP contribution is 2.08. The second kappa shape index (κ2) is 5.02. The average molecular weight is 282 g/mol. The molecule has 0 fully saturated rings. The van der Waals surface area contributed by atoms with Gasteiger partial charge in [0.05, 0.1) is 11.4 Å². The third-order valence-electron chi connectivity index (χ3n) is 2.69. The van der Waals surface area contributed by atoms with E-state index >= 15 is 0 Å². The molecule has 2 rings (SSSR count). The first-order valence-electron chi connectivity index (χ1n) is 5.68. The average Bonchev–Trinajstić information content (AvgIpc) is 2.66. The zero-order chi connectivity index (χ0) is 14.0. The smallest absolute Gasteiger partial charge is 0.271 e. The molecule has 0 radical (unpaired) electrons. The minimum Gasteiger partial charge on any atom is -0.295 e. The van der Waals surface area contributed by atoms with Crippen molar-refractivity contribution in [3.63, 3.8) is 0 Å². The minimum absolute atomic E-state index is 0.150. The normalized spacial score (nSPS) is 11.7. The Balaban J connectivity index is 2.19. The Morgan fingerprint density at radius 1 is 1.26 bits per heavy atom. The van der Waals surface area contributed by atoms with E-state index in [9.17, 15) is 13.2 Å². The van der Waals surface area contributed by atoms with Crippen molar-refractivity contribution >= 4 is 10.1 Å². The summed E-state index contributed by atoms with van der Waals surface area (Å²) in [5.74, 6) is -0.312. The molecule has 1 heterocycles. The van der Waals surface area contributed by atoms with Gasteiger partial charge in [-0.25, -0.2) is 4.68 Å². The third kappa shape index (κ3) is 3.55. The predicted molar refractivity (Wildman–Crippen MR) is 71.2 cm³/mol. The first-order chi connectivity index (χ1) is 8.85. The number of aryl methyl sites for hydroxylation is 2. The molecule has 1 aromatic heterocycles. The Hall–Kier alpha value is -1.86. The number of nitrogens with zero attached hydrogens (tertiary/aromatic N) is 1. The maximum atomic E-state index is 11.6. The van der Waals surface area contributed by atoms with Gasteiger partial charge in [-0.05, 0) is 31.0 Å². The van der Waals surface area contributed by atoms with Crippen molar-refractivity contribution in [3.05, 3.63) is 51.9 Å². The van der Waals surface area contributed by atoms with Crippen LogP contribution >= 0.6 is 0 Å². The molecule has 6 nitrogen and oxygen atoms in total. The minimum atomic E-state index is -3.95. The van der Waals surface area contributed by atoms with Gasteiger partial charge in [-0.2, -0.15) is 8.42 Å². The summed E-state index contributed by atoms with van der Waals surface area (Å²) in [5.41, 5.74) is 2.06. The lowest BCUT2D eigenvalue weighted by Gasteiger charge is -2.04. The monoisotopic (exact) mass is 282 g/mol. The van der Waals surface area contributed by atoms with E-state index in [1.165, 1.54) is 10.7 Å². The standard InChI is InChI=1S/C12H14N2O4S/c1-9-8-12(15)14(13-9)11-4-2-10(3-5-11)6-7-19(16,17)18/h2-5,8,13H,6-7H2,1H3,(H,16,17,18). The fraction of sp³-hybridized carbons (Fsp3) is 0.250. The molecule has 1 aromatic carbocycles. The summed E-state index contributed by atoms with van der Waals surface area (Å²) in [6, 6.07) is 8.38. The maximum Gasteiger partial charge on any atom is 0.271 e. The Labute approximate surface area is 110 Å². The van der Waals surface area contributed by atoms with Crippen LogP contribution in [-0.4, -0.2) is 28.5 Å². The van der Waals surface area contributed by atoms with E-state index < -0.39 is 10.1 Å². The molecule has 0 saturated carbocycles. The van der Waals surface area contributed by atoms with Crippen LogP contribution in [0.1, 0.15) is 11.3 Å². The first kappa shape index (κ1) is 13.6. The van der Waals surface area contributed by atoms with Gasteiger partial charge in [-0.1, -0.05) is 12.1 Å². The molecular formula is C12H14N2O4S.